The minimum Gasteiger partial charge on any atom is -0.454 e. The molecule has 1 rings (SSSR count). The number of esters is 1. The number of amides is 1. The Hall–Kier alpha value is -1.29. The van der Waals surface area contributed by atoms with Crippen LogP contribution in [-0.2, 0) is 24.3 Å². The summed E-state index contributed by atoms with van der Waals surface area (Å²) in [5.74, 6) is -0.700. The number of sulfonamides is 1. The van der Waals surface area contributed by atoms with Crippen molar-refractivity contribution >= 4 is 45.3 Å². The monoisotopic (exact) mass is 422 g/mol. The number of nitrogens with one attached hydrogen (secondary N) is 2. The molecule has 0 aromatic heterocycles. The van der Waals surface area contributed by atoms with E-state index in [1.54, 1.807) is 13.8 Å². The Kier molecular flexibility index (Phi) is 9.42. The molecule has 0 radical (unpaired) electrons. The Bertz CT molecular complexity index is 708. The average Bonchev–Trinajstić information content (AvgIpc) is 2.56. The van der Waals surface area contributed by atoms with Crippen molar-refractivity contribution in [1.29, 1.82) is 0 Å². The Balaban J connectivity index is 2.80. The second-order valence-corrected chi connectivity index (χ2v) is 8.88. The molecule has 0 bridgehead atoms. The molecule has 0 aliphatic heterocycles. The molecule has 146 valence electrons. The highest BCUT2D eigenvalue weighted by Gasteiger charge is 2.27. The summed E-state index contributed by atoms with van der Waals surface area (Å²) in [6, 6.07) is 4.41. The number of halogens is 1. The molecule has 1 aromatic rings. The molecule has 10 heteroatoms. The molecule has 0 saturated carbocycles. The predicted octanol–water partition coefficient (Wildman–Crippen LogP) is 1.81. The van der Waals surface area contributed by atoms with E-state index in [1.807, 2.05) is 6.26 Å². The van der Waals surface area contributed by atoms with Crippen molar-refractivity contribution < 1.29 is 22.7 Å². The van der Waals surface area contributed by atoms with Crippen LogP contribution in [0, 0.1) is 0 Å². The number of ether oxygens (including phenoxy) is 1. The summed E-state index contributed by atoms with van der Waals surface area (Å²) in [5, 5.41) is 2.99. The normalized spacial score (nSPS) is 12.7. The highest BCUT2D eigenvalue weighted by molar-refractivity contribution is 7.98. The third-order valence-electron chi connectivity index (χ3n) is 3.11. The fraction of sp³-hybridized carbons (Fsp3) is 0.500. The summed E-state index contributed by atoms with van der Waals surface area (Å²) in [6.07, 6.45) is 2.07. The van der Waals surface area contributed by atoms with Crippen molar-refractivity contribution in [2.24, 2.45) is 0 Å². The largest absolute Gasteiger partial charge is 0.454 e. The van der Waals surface area contributed by atoms with Crippen LogP contribution in [0.25, 0.3) is 0 Å². The highest BCUT2D eigenvalue weighted by Crippen LogP contribution is 2.15. The van der Waals surface area contributed by atoms with Crippen molar-refractivity contribution in [1.82, 2.24) is 10.0 Å². The van der Waals surface area contributed by atoms with Crippen LogP contribution in [0.5, 0.6) is 0 Å². The summed E-state index contributed by atoms with van der Waals surface area (Å²) in [4.78, 5) is 23.8. The van der Waals surface area contributed by atoms with E-state index >= 15 is 0 Å². The highest BCUT2D eigenvalue weighted by atomic mass is 35.5. The number of hydrogen-bond donors (Lipinski definition) is 2. The second kappa shape index (κ2) is 10.8. The molecule has 7 nitrogen and oxygen atoms in total. The van der Waals surface area contributed by atoms with Crippen molar-refractivity contribution in [3.8, 4) is 0 Å². The molecule has 0 aliphatic carbocycles. The lowest BCUT2D eigenvalue weighted by molar-refractivity contribution is -0.150. The molecule has 1 aromatic carbocycles. The third kappa shape index (κ3) is 7.94. The van der Waals surface area contributed by atoms with Gasteiger partial charge in [0.2, 0.25) is 10.0 Å². The number of thioether (sulfide) groups is 1. The van der Waals surface area contributed by atoms with Crippen LogP contribution in [-0.4, -0.2) is 51.0 Å². The zero-order valence-electron chi connectivity index (χ0n) is 14.8. The van der Waals surface area contributed by atoms with Crippen LogP contribution in [0.3, 0.4) is 0 Å². The van der Waals surface area contributed by atoms with Gasteiger partial charge in [-0.2, -0.15) is 16.5 Å². The fourth-order valence-corrected chi connectivity index (χ4v) is 3.75. The van der Waals surface area contributed by atoms with Gasteiger partial charge in [-0.1, -0.05) is 11.6 Å². The van der Waals surface area contributed by atoms with E-state index in [2.05, 4.69) is 10.0 Å². The molecule has 0 heterocycles. The maximum Gasteiger partial charge on any atom is 0.324 e. The quantitative estimate of drug-likeness (QED) is 0.557. The minimum atomic E-state index is -3.93. The Morgan fingerprint density at radius 2 is 1.85 bits per heavy atom. The summed E-state index contributed by atoms with van der Waals surface area (Å²) in [5.41, 5.74) is 0. The van der Waals surface area contributed by atoms with E-state index < -0.39 is 34.5 Å². The van der Waals surface area contributed by atoms with Crippen LogP contribution < -0.4 is 10.0 Å². The van der Waals surface area contributed by atoms with Gasteiger partial charge in [0.15, 0.2) is 6.61 Å². The Morgan fingerprint density at radius 3 is 2.38 bits per heavy atom. The molecule has 0 unspecified atom stereocenters. The molecule has 0 spiro atoms. The Morgan fingerprint density at radius 1 is 1.23 bits per heavy atom. The molecular formula is C16H23ClN2O5S2. The number of carbonyl (C=O) groups is 2. The molecule has 26 heavy (non-hydrogen) atoms. The summed E-state index contributed by atoms with van der Waals surface area (Å²) < 4.78 is 32.2. The van der Waals surface area contributed by atoms with E-state index in [-0.39, 0.29) is 17.4 Å². The maximum atomic E-state index is 12.5. The van der Waals surface area contributed by atoms with E-state index in [0.29, 0.717) is 10.8 Å². The molecule has 1 amide bonds. The van der Waals surface area contributed by atoms with Gasteiger partial charge in [-0.15, -0.1) is 0 Å². The maximum absolute atomic E-state index is 12.5. The average molecular weight is 423 g/mol. The van der Waals surface area contributed by atoms with Gasteiger partial charge in [0, 0.05) is 11.1 Å². The zero-order chi connectivity index (χ0) is 19.7. The van der Waals surface area contributed by atoms with Gasteiger partial charge in [0.05, 0.1) is 4.90 Å². The van der Waals surface area contributed by atoms with E-state index in [9.17, 15) is 18.0 Å². The first kappa shape index (κ1) is 22.8. The number of benzene rings is 1. The number of hydrogen-bond acceptors (Lipinski definition) is 6. The van der Waals surface area contributed by atoms with Crippen molar-refractivity contribution in [3.63, 3.8) is 0 Å². The van der Waals surface area contributed by atoms with E-state index in [1.165, 1.54) is 36.0 Å². The molecule has 0 aliphatic rings. The van der Waals surface area contributed by atoms with Crippen LogP contribution in [0.4, 0.5) is 0 Å². The van der Waals surface area contributed by atoms with Crippen LogP contribution in [0.2, 0.25) is 5.02 Å². The molecule has 0 fully saturated rings. The minimum absolute atomic E-state index is 0.0126. The molecule has 0 saturated heterocycles. The summed E-state index contributed by atoms with van der Waals surface area (Å²) >= 11 is 7.23. The van der Waals surface area contributed by atoms with E-state index in [0.717, 1.165) is 0 Å². The first-order valence-corrected chi connectivity index (χ1v) is 11.1. The lowest BCUT2D eigenvalue weighted by atomic mass is 10.2. The SMILES string of the molecule is CSCC[C@H](NS(=O)(=O)c1ccc(Cl)cc1)C(=O)OCC(=O)NC(C)C. The zero-order valence-corrected chi connectivity index (χ0v) is 17.2. The first-order valence-electron chi connectivity index (χ1n) is 7.88. The lowest BCUT2D eigenvalue weighted by Crippen LogP contribution is -2.43. The van der Waals surface area contributed by atoms with Crippen LogP contribution >= 0.6 is 23.4 Å². The smallest absolute Gasteiger partial charge is 0.324 e. The van der Waals surface area contributed by atoms with Crippen molar-refractivity contribution in [3.05, 3.63) is 29.3 Å². The van der Waals surface area contributed by atoms with Crippen LogP contribution in [0.1, 0.15) is 20.3 Å². The third-order valence-corrected chi connectivity index (χ3v) is 5.50. The van der Waals surface area contributed by atoms with Gasteiger partial charge in [-0.3, -0.25) is 9.59 Å². The number of carbonyl (C=O) groups excluding carboxylic acids is 2. The summed E-state index contributed by atoms with van der Waals surface area (Å²) in [6.45, 7) is 3.10. The van der Waals surface area contributed by atoms with E-state index in [4.69, 9.17) is 16.3 Å². The standard InChI is InChI=1S/C16H23ClN2O5S2/c1-11(2)18-15(20)10-24-16(21)14(8-9-25-3)19-26(22,23)13-6-4-12(17)5-7-13/h4-7,11,14,19H,8-10H2,1-3H3,(H,18,20)/t14-/m0/s1. The fourth-order valence-electron chi connectivity index (χ4n) is 1.93. The molecule has 1 atom stereocenters. The lowest BCUT2D eigenvalue weighted by Gasteiger charge is -2.18. The van der Waals surface area contributed by atoms with Gasteiger partial charge in [-0.05, 0) is 56.5 Å². The van der Waals surface area contributed by atoms with Gasteiger partial charge in [0.1, 0.15) is 6.04 Å². The van der Waals surface area contributed by atoms with Crippen molar-refractivity contribution in [2.75, 3.05) is 18.6 Å². The van der Waals surface area contributed by atoms with Gasteiger partial charge in [-0.25, -0.2) is 8.42 Å². The van der Waals surface area contributed by atoms with Gasteiger partial charge >= 0.3 is 5.97 Å². The number of rotatable bonds is 10. The van der Waals surface area contributed by atoms with Crippen molar-refractivity contribution in [2.45, 2.75) is 37.2 Å². The van der Waals surface area contributed by atoms with Gasteiger partial charge in [0.25, 0.3) is 5.91 Å². The summed E-state index contributed by atoms with van der Waals surface area (Å²) in [7, 11) is -3.93. The predicted molar refractivity (Wildman–Crippen MR) is 103 cm³/mol. The Labute approximate surface area is 163 Å². The van der Waals surface area contributed by atoms with Crippen LogP contribution in [0.15, 0.2) is 29.2 Å². The molecular weight excluding hydrogens is 400 g/mol. The first-order chi connectivity index (χ1) is 12.2. The van der Waals surface area contributed by atoms with Gasteiger partial charge < -0.3 is 10.1 Å². The molecule has 2 N–H and O–H groups in total. The second-order valence-electron chi connectivity index (χ2n) is 5.74. The topological polar surface area (TPSA) is 102 Å².